The van der Waals surface area contributed by atoms with Gasteiger partial charge < -0.3 is 20.6 Å². The van der Waals surface area contributed by atoms with Crippen LogP contribution < -0.4 is 5.32 Å². The Kier molecular flexibility index (Phi) is 7.46. The number of benzene rings is 3. The van der Waals surface area contributed by atoms with E-state index in [4.69, 9.17) is 0 Å². The number of carboxylic acid groups (broad SMARTS) is 2. The van der Waals surface area contributed by atoms with Crippen LogP contribution in [0, 0.1) is 5.92 Å². The molecule has 0 aliphatic rings. The number of hydrogen-bond donors (Lipinski definition) is 4. The van der Waals surface area contributed by atoms with Gasteiger partial charge in [-0.25, -0.2) is 4.79 Å². The van der Waals surface area contributed by atoms with Crippen LogP contribution in [0.15, 0.2) is 72.8 Å². The highest BCUT2D eigenvalue weighted by Crippen LogP contribution is 2.22. The van der Waals surface area contributed by atoms with Gasteiger partial charge in [-0.3, -0.25) is 9.59 Å². The summed E-state index contributed by atoms with van der Waals surface area (Å²) >= 11 is 0. The van der Waals surface area contributed by atoms with E-state index in [0.717, 1.165) is 28.8 Å². The van der Waals surface area contributed by atoms with Crippen molar-refractivity contribution in [1.29, 1.82) is 0 Å². The molecule has 0 bridgehead atoms. The predicted octanol–water partition coefficient (Wildman–Crippen LogP) is 4.21. The summed E-state index contributed by atoms with van der Waals surface area (Å²) in [7, 11) is 0. The number of hydrogen-bond acceptors (Lipinski definition) is 4. The number of aromatic carboxylic acids is 1. The summed E-state index contributed by atoms with van der Waals surface area (Å²) in [4.78, 5) is 35.4. The maximum absolute atomic E-state index is 12.8. The molecular weight excluding hydrogens is 422 g/mol. The topological polar surface area (TPSA) is 124 Å². The Morgan fingerprint density at radius 2 is 1.52 bits per heavy atom. The molecule has 0 fully saturated rings. The van der Waals surface area contributed by atoms with Gasteiger partial charge in [-0.15, -0.1) is 0 Å². The monoisotopic (exact) mass is 447 g/mol. The molecule has 0 saturated heterocycles. The van der Waals surface area contributed by atoms with E-state index in [2.05, 4.69) is 5.32 Å². The van der Waals surface area contributed by atoms with Gasteiger partial charge in [-0.05, 0) is 47.7 Å². The number of carbonyl (C=O) groups excluding carboxylic acids is 1. The van der Waals surface area contributed by atoms with Gasteiger partial charge in [0, 0.05) is 11.6 Å². The number of aromatic hydroxyl groups is 1. The Balaban J connectivity index is 1.78. The predicted molar refractivity (Wildman–Crippen MR) is 123 cm³/mol. The maximum atomic E-state index is 12.8. The lowest BCUT2D eigenvalue weighted by Gasteiger charge is -2.21. The zero-order valence-corrected chi connectivity index (χ0v) is 18.1. The lowest BCUT2D eigenvalue weighted by molar-refractivity contribution is -0.141. The van der Waals surface area contributed by atoms with Crippen molar-refractivity contribution in [1.82, 2.24) is 5.32 Å². The number of carbonyl (C=O) groups is 3. The number of phenols is 1. The lowest BCUT2D eigenvalue weighted by atomic mass is 9.94. The fraction of sp³-hybridized carbons (Fsp3) is 0.192. The zero-order chi connectivity index (χ0) is 24.0. The van der Waals surface area contributed by atoms with Crippen molar-refractivity contribution in [3.63, 3.8) is 0 Å². The quantitative estimate of drug-likeness (QED) is 0.390. The third-order valence-electron chi connectivity index (χ3n) is 5.43. The second kappa shape index (κ2) is 10.5. The highest BCUT2D eigenvalue weighted by atomic mass is 16.4. The molecule has 0 radical (unpaired) electrons. The second-order valence-corrected chi connectivity index (χ2v) is 7.95. The van der Waals surface area contributed by atoms with Gasteiger partial charge in [0.05, 0.1) is 5.92 Å². The first-order valence-electron chi connectivity index (χ1n) is 10.5. The fourth-order valence-corrected chi connectivity index (χ4v) is 3.59. The minimum atomic E-state index is -1.35. The summed E-state index contributed by atoms with van der Waals surface area (Å²) in [5.41, 5.74) is 2.74. The zero-order valence-electron chi connectivity index (χ0n) is 18.1. The van der Waals surface area contributed by atoms with Crippen LogP contribution >= 0.6 is 0 Å². The SMILES string of the molecule is C[C@H](CC(Cc1ccc(-c2ccccc2)cc1)NC(=O)c1ccc(O)c(C(=O)O)c1)C(=O)O. The first kappa shape index (κ1) is 23.5. The molecule has 170 valence electrons. The normalized spacial score (nSPS) is 12.5. The molecule has 7 nitrogen and oxygen atoms in total. The van der Waals surface area contributed by atoms with Gasteiger partial charge in [0.15, 0.2) is 0 Å². The van der Waals surface area contributed by atoms with Crippen LogP contribution in [0.2, 0.25) is 0 Å². The van der Waals surface area contributed by atoms with Gasteiger partial charge in [0.25, 0.3) is 5.91 Å². The number of carboxylic acids is 2. The highest BCUT2D eigenvalue weighted by molar-refractivity contribution is 5.99. The molecule has 2 atom stereocenters. The summed E-state index contributed by atoms with van der Waals surface area (Å²) in [6.45, 7) is 1.57. The third kappa shape index (κ3) is 6.20. The molecule has 1 amide bonds. The van der Waals surface area contributed by atoms with E-state index in [9.17, 15) is 29.7 Å². The van der Waals surface area contributed by atoms with E-state index >= 15 is 0 Å². The van der Waals surface area contributed by atoms with Crippen molar-refractivity contribution < 1.29 is 29.7 Å². The molecule has 4 N–H and O–H groups in total. The van der Waals surface area contributed by atoms with Gasteiger partial charge in [-0.1, -0.05) is 61.5 Å². The summed E-state index contributed by atoms with van der Waals surface area (Å²) in [5.74, 6) is -3.98. The Bertz CT molecular complexity index is 1140. The molecule has 0 heterocycles. The van der Waals surface area contributed by atoms with Gasteiger partial charge >= 0.3 is 11.9 Å². The fourth-order valence-electron chi connectivity index (χ4n) is 3.59. The minimum absolute atomic E-state index is 0.0672. The van der Waals surface area contributed by atoms with E-state index in [-0.39, 0.29) is 17.5 Å². The van der Waals surface area contributed by atoms with Crippen molar-refractivity contribution in [2.75, 3.05) is 0 Å². The molecule has 0 spiro atoms. The van der Waals surface area contributed by atoms with Crippen molar-refractivity contribution in [2.24, 2.45) is 5.92 Å². The average molecular weight is 447 g/mol. The van der Waals surface area contributed by atoms with Crippen LogP contribution in [-0.2, 0) is 11.2 Å². The Hall–Kier alpha value is -4.13. The van der Waals surface area contributed by atoms with Gasteiger partial charge in [0.2, 0.25) is 0 Å². The van der Waals surface area contributed by atoms with Crippen LogP contribution in [-0.4, -0.2) is 39.2 Å². The number of aliphatic carboxylic acids is 1. The molecule has 1 unspecified atom stereocenters. The van der Waals surface area contributed by atoms with Crippen molar-refractivity contribution in [3.05, 3.63) is 89.5 Å². The third-order valence-corrected chi connectivity index (χ3v) is 5.43. The molecule has 0 aliphatic heterocycles. The van der Waals surface area contributed by atoms with Gasteiger partial charge in [0.1, 0.15) is 11.3 Å². The molecule has 33 heavy (non-hydrogen) atoms. The maximum Gasteiger partial charge on any atom is 0.339 e. The van der Waals surface area contributed by atoms with E-state index in [1.165, 1.54) is 6.07 Å². The van der Waals surface area contributed by atoms with Crippen LogP contribution in [0.3, 0.4) is 0 Å². The first-order valence-corrected chi connectivity index (χ1v) is 10.5. The number of rotatable bonds is 9. The molecule has 3 aromatic carbocycles. The Morgan fingerprint density at radius 1 is 0.879 bits per heavy atom. The van der Waals surface area contributed by atoms with Crippen molar-refractivity contribution >= 4 is 17.8 Å². The summed E-state index contributed by atoms with van der Waals surface area (Å²) in [6.07, 6.45) is 0.605. The molecule has 3 rings (SSSR count). The van der Waals surface area contributed by atoms with Crippen molar-refractivity contribution in [3.8, 4) is 16.9 Å². The first-order chi connectivity index (χ1) is 15.7. The van der Waals surface area contributed by atoms with Crippen LogP contribution in [0.25, 0.3) is 11.1 Å². The van der Waals surface area contributed by atoms with Crippen LogP contribution in [0.5, 0.6) is 5.75 Å². The largest absolute Gasteiger partial charge is 0.507 e. The summed E-state index contributed by atoms with van der Waals surface area (Å²) in [6, 6.07) is 20.8. The average Bonchev–Trinajstić information content (AvgIpc) is 2.80. The lowest BCUT2D eigenvalue weighted by Crippen LogP contribution is -2.38. The number of amides is 1. The Morgan fingerprint density at radius 3 is 2.12 bits per heavy atom. The molecule has 0 aromatic heterocycles. The van der Waals surface area contributed by atoms with E-state index < -0.39 is 35.6 Å². The van der Waals surface area contributed by atoms with Crippen LogP contribution in [0.1, 0.15) is 39.6 Å². The molecule has 7 heteroatoms. The van der Waals surface area contributed by atoms with Gasteiger partial charge in [-0.2, -0.15) is 0 Å². The molecule has 0 saturated carbocycles. The summed E-state index contributed by atoms with van der Waals surface area (Å²) in [5, 5.41) is 31.0. The molecular formula is C26H25NO6. The summed E-state index contributed by atoms with van der Waals surface area (Å²) < 4.78 is 0. The molecule has 0 aliphatic carbocycles. The standard InChI is InChI=1S/C26H25NO6/c1-16(25(30)31)13-21(27-24(29)20-11-12-23(28)22(15-20)26(32)33)14-17-7-9-19(10-8-17)18-5-3-2-4-6-18/h2-12,15-16,21,28H,13-14H2,1H3,(H,27,29)(H,30,31)(H,32,33)/t16-,21?/m1/s1. The second-order valence-electron chi connectivity index (χ2n) is 7.95. The Labute approximate surface area is 191 Å². The number of nitrogens with one attached hydrogen (secondary N) is 1. The van der Waals surface area contributed by atoms with Crippen LogP contribution in [0.4, 0.5) is 0 Å². The van der Waals surface area contributed by atoms with E-state index in [1.54, 1.807) is 6.92 Å². The van der Waals surface area contributed by atoms with E-state index in [0.29, 0.717) is 6.42 Å². The highest BCUT2D eigenvalue weighted by Gasteiger charge is 2.22. The molecule has 3 aromatic rings. The van der Waals surface area contributed by atoms with Crippen molar-refractivity contribution in [2.45, 2.75) is 25.8 Å². The smallest absolute Gasteiger partial charge is 0.339 e. The van der Waals surface area contributed by atoms with E-state index in [1.807, 2.05) is 54.6 Å². The minimum Gasteiger partial charge on any atom is -0.507 e.